The first-order valence-electron chi connectivity index (χ1n) is 9.02. The smallest absolute Gasteiger partial charge is 0.416 e. The third kappa shape index (κ3) is 6.40. The molecule has 1 amide bonds. The van der Waals surface area contributed by atoms with Gasteiger partial charge in [-0.3, -0.25) is 9.59 Å². The Labute approximate surface area is 171 Å². The Kier molecular flexibility index (Phi) is 7.68. The molecule has 0 aliphatic heterocycles. The first-order chi connectivity index (χ1) is 14.1. The first kappa shape index (κ1) is 23.1. The van der Waals surface area contributed by atoms with E-state index in [4.69, 9.17) is 14.2 Å². The van der Waals surface area contributed by atoms with Crippen molar-refractivity contribution in [2.45, 2.75) is 32.0 Å². The Hall–Kier alpha value is -3.23. The summed E-state index contributed by atoms with van der Waals surface area (Å²) in [7, 11) is 3.02. The third-order valence-electron chi connectivity index (χ3n) is 4.20. The quantitative estimate of drug-likeness (QED) is 0.641. The van der Waals surface area contributed by atoms with E-state index >= 15 is 0 Å². The Morgan fingerprint density at radius 1 is 1.03 bits per heavy atom. The molecule has 2 aromatic rings. The molecule has 0 unspecified atom stereocenters. The Morgan fingerprint density at radius 2 is 1.73 bits per heavy atom. The molecule has 0 radical (unpaired) electrons. The van der Waals surface area contributed by atoms with Crippen molar-refractivity contribution in [3.05, 3.63) is 53.6 Å². The normalized spacial score (nSPS) is 12.1. The number of aryl methyl sites for hydroxylation is 1. The summed E-state index contributed by atoms with van der Waals surface area (Å²) in [5.74, 6) is -0.258. The second-order valence-corrected chi connectivity index (χ2v) is 6.39. The lowest BCUT2D eigenvalue weighted by molar-refractivity contribution is -0.153. The van der Waals surface area contributed by atoms with Crippen molar-refractivity contribution in [1.82, 2.24) is 0 Å². The molecular weight excluding hydrogens is 403 g/mol. The zero-order valence-corrected chi connectivity index (χ0v) is 16.7. The highest BCUT2D eigenvalue weighted by Gasteiger charge is 2.30. The van der Waals surface area contributed by atoms with Gasteiger partial charge in [0.05, 0.1) is 19.8 Å². The van der Waals surface area contributed by atoms with Gasteiger partial charge in [-0.25, -0.2) is 0 Å². The van der Waals surface area contributed by atoms with E-state index in [1.54, 1.807) is 18.2 Å². The first-order valence-corrected chi connectivity index (χ1v) is 9.02. The van der Waals surface area contributed by atoms with Crippen LogP contribution in [0, 0.1) is 0 Å². The molecule has 0 bridgehead atoms. The van der Waals surface area contributed by atoms with Crippen molar-refractivity contribution in [1.29, 1.82) is 0 Å². The Morgan fingerprint density at radius 3 is 2.37 bits per heavy atom. The van der Waals surface area contributed by atoms with Crippen molar-refractivity contribution in [3.8, 4) is 11.5 Å². The number of methoxy groups -OCH3 is 2. The van der Waals surface area contributed by atoms with E-state index in [0.29, 0.717) is 17.9 Å². The number of amides is 1. The van der Waals surface area contributed by atoms with Crippen molar-refractivity contribution >= 4 is 17.6 Å². The van der Waals surface area contributed by atoms with Crippen molar-refractivity contribution in [2.24, 2.45) is 0 Å². The van der Waals surface area contributed by atoms with E-state index in [2.05, 4.69) is 5.32 Å². The molecule has 1 atom stereocenters. The zero-order chi connectivity index (χ0) is 22.3. The van der Waals surface area contributed by atoms with Crippen LogP contribution < -0.4 is 14.8 Å². The molecular formula is C21H22F3NO5. The predicted octanol–water partition coefficient (Wildman–Crippen LogP) is 4.23. The molecule has 30 heavy (non-hydrogen) atoms. The molecule has 0 aromatic heterocycles. The van der Waals surface area contributed by atoms with Gasteiger partial charge in [0.2, 0.25) is 0 Å². The fourth-order valence-corrected chi connectivity index (χ4v) is 2.61. The summed E-state index contributed by atoms with van der Waals surface area (Å²) in [4.78, 5) is 24.2. The molecule has 0 aliphatic rings. The maximum absolute atomic E-state index is 12.8. The minimum atomic E-state index is -4.52. The number of carbonyl (C=O) groups is 2. The average molecular weight is 425 g/mol. The van der Waals surface area contributed by atoms with Gasteiger partial charge in [0, 0.05) is 12.1 Å². The van der Waals surface area contributed by atoms with Gasteiger partial charge in [0.1, 0.15) is 0 Å². The van der Waals surface area contributed by atoms with Gasteiger partial charge < -0.3 is 19.5 Å². The van der Waals surface area contributed by atoms with Crippen LogP contribution in [0.1, 0.15) is 24.5 Å². The second-order valence-electron chi connectivity index (χ2n) is 6.39. The number of benzene rings is 2. The Bertz CT molecular complexity index is 898. The van der Waals surface area contributed by atoms with Crippen LogP contribution in [-0.4, -0.2) is 32.2 Å². The molecule has 2 rings (SSSR count). The van der Waals surface area contributed by atoms with E-state index in [1.165, 1.54) is 33.3 Å². The van der Waals surface area contributed by atoms with Crippen LogP contribution in [0.3, 0.4) is 0 Å². The average Bonchev–Trinajstić information content (AvgIpc) is 2.71. The van der Waals surface area contributed by atoms with Gasteiger partial charge in [-0.05, 0) is 49.2 Å². The minimum absolute atomic E-state index is 0.0106. The molecule has 0 aliphatic carbocycles. The fraction of sp³-hybridized carbons (Fsp3) is 0.333. The number of nitrogens with one attached hydrogen (secondary N) is 1. The van der Waals surface area contributed by atoms with Crippen LogP contribution in [0.4, 0.5) is 18.9 Å². The topological polar surface area (TPSA) is 73.9 Å². The van der Waals surface area contributed by atoms with Crippen molar-refractivity contribution < 1.29 is 37.0 Å². The lowest BCUT2D eigenvalue weighted by Crippen LogP contribution is -2.30. The van der Waals surface area contributed by atoms with Crippen molar-refractivity contribution in [2.75, 3.05) is 19.5 Å². The zero-order valence-electron chi connectivity index (χ0n) is 16.7. The molecule has 6 nitrogen and oxygen atoms in total. The maximum Gasteiger partial charge on any atom is 0.416 e. The molecule has 9 heteroatoms. The summed E-state index contributed by atoms with van der Waals surface area (Å²) in [6.07, 6.45) is -5.33. The monoisotopic (exact) mass is 425 g/mol. The van der Waals surface area contributed by atoms with Crippen LogP contribution in [0.25, 0.3) is 0 Å². The van der Waals surface area contributed by atoms with E-state index in [-0.39, 0.29) is 12.1 Å². The molecule has 1 N–H and O–H groups in total. The molecule has 162 valence electrons. The third-order valence-corrected chi connectivity index (χ3v) is 4.20. The molecule has 0 heterocycles. The van der Waals surface area contributed by atoms with Crippen LogP contribution >= 0.6 is 0 Å². The largest absolute Gasteiger partial charge is 0.493 e. The predicted molar refractivity (Wildman–Crippen MR) is 103 cm³/mol. The number of ether oxygens (including phenoxy) is 3. The summed E-state index contributed by atoms with van der Waals surface area (Å²) in [5, 5.41) is 2.31. The molecule has 0 fully saturated rings. The van der Waals surface area contributed by atoms with Crippen LogP contribution in [0.5, 0.6) is 11.5 Å². The highest BCUT2D eigenvalue weighted by molar-refractivity contribution is 5.95. The SMILES string of the molecule is COc1ccc(CCC(=O)O[C@@H](C)C(=O)Nc2cccc(C(F)(F)F)c2)cc1OC. The fourth-order valence-electron chi connectivity index (χ4n) is 2.61. The van der Waals surface area contributed by atoms with Crippen LogP contribution in [0.15, 0.2) is 42.5 Å². The number of hydrogen-bond donors (Lipinski definition) is 1. The second kappa shape index (κ2) is 10.00. The summed E-state index contributed by atoms with van der Waals surface area (Å²) >= 11 is 0. The lowest BCUT2D eigenvalue weighted by atomic mass is 10.1. The minimum Gasteiger partial charge on any atom is -0.493 e. The van der Waals surface area contributed by atoms with E-state index in [1.807, 2.05) is 0 Å². The van der Waals surface area contributed by atoms with Crippen LogP contribution in [0.2, 0.25) is 0 Å². The highest BCUT2D eigenvalue weighted by Crippen LogP contribution is 2.31. The highest BCUT2D eigenvalue weighted by atomic mass is 19.4. The summed E-state index contributed by atoms with van der Waals surface area (Å²) < 4.78 is 53.7. The van der Waals surface area contributed by atoms with Crippen molar-refractivity contribution in [3.63, 3.8) is 0 Å². The van der Waals surface area contributed by atoms with E-state index in [9.17, 15) is 22.8 Å². The number of carbonyl (C=O) groups excluding carboxylic acids is 2. The molecule has 0 saturated heterocycles. The summed E-state index contributed by atoms with van der Waals surface area (Å²) in [6, 6.07) is 9.42. The van der Waals surface area contributed by atoms with E-state index in [0.717, 1.165) is 17.7 Å². The molecule has 2 aromatic carbocycles. The van der Waals surface area contributed by atoms with E-state index < -0.39 is 29.7 Å². The summed E-state index contributed by atoms with van der Waals surface area (Å²) in [5.41, 5.74) is -0.117. The standard InChI is InChI=1S/C21H22F3NO5/c1-13(20(27)25-16-6-4-5-15(12-16)21(22,23)24)30-19(26)10-8-14-7-9-17(28-2)18(11-14)29-3/h4-7,9,11-13H,8,10H2,1-3H3,(H,25,27)/t13-/m0/s1. The van der Waals surface area contributed by atoms with Gasteiger partial charge >= 0.3 is 12.1 Å². The number of halogens is 3. The number of anilines is 1. The number of rotatable bonds is 8. The number of esters is 1. The van der Waals surface area contributed by atoms with Gasteiger partial charge in [-0.2, -0.15) is 13.2 Å². The summed E-state index contributed by atoms with van der Waals surface area (Å²) in [6.45, 7) is 1.34. The number of hydrogen-bond acceptors (Lipinski definition) is 5. The molecule has 0 saturated carbocycles. The van der Waals surface area contributed by atoms with Crippen LogP contribution in [-0.2, 0) is 26.9 Å². The van der Waals surface area contributed by atoms with Gasteiger partial charge in [-0.1, -0.05) is 12.1 Å². The van der Waals surface area contributed by atoms with Gasteiger partial charge in [0.25, 0.3) is 5.91 Å². The van der Waals surface area contributed by atoms with Gasteiger partial charge in [-0.15, -0.1) is 0 Å². The maximum atomic E-state index is 12.8. The van der Waals surface area contributed by atoms with Gasteiger partial charge in [0.15, 0.2) is 17.6 Å². The Balaban J connectivity index is 1.89. The lowest BCUT2D eigenvalue weighted by Gasteiger charge is -2.15. The molecule has 0 spiro atoms. The number of alkyl halides is 3.